The van der Waals surface area contributed by atoms with Crippen molar-refractivity contribution >= 4 is 50.5 Å². The van der Waals surface area contributed by atoms with Crippen molar-refractivity contribution in [2.24, 2.45) is 4.99 Å². The van der Waals surface area contributed by atoms with E-state index in [0.717, 1.165) is 21.5 Å². The van der Waals surface area contributed by atoms with Crippen molar-refractivity contribution < 1.29 is 19.0 Å². The minimum Gasteiger partial charge on any atom is -0.497 e. The number of benzene rings is 2. The molecule has 3 rings (SSSR count). The average Bonchev–Trinajstić information content (AvgIpc) is 3.03. The summed E-state index contributed by atoms with van der Waals surface area (Å²) < 4.78 is 16.9. The minimum atomic E-state index is -0.193. The van der Waals surface area contributed by atoms with Crippen LogP contribution < -0.4 is 19.5 Å². The second-order valence-corrected chi connectivity index (χ2v) is 7.53. The van der Waals surface area contributed by atoms with E-state index in [-0.39, 0.29) is 5.91 Å². The molecule has 1 fully saturated rings. The molecule has 1 aliphatic rings. The van der Waals surface area contributed by atoms with E-state index in [9.17, 15) is 4.79 Å². The number of carbonyl (C=O) groups excluding carboxylic acids is 1. The highest BCUT2D eigenvalue weighted by Gasteiger charge is 2.24. The molecule has 0 aliphatic carbocycles. The van der Waals surface area contributed by atoms with Gasteiger partial charge < -0.3 is 19.5 Å². The third kappa shape index (κ3) is 4.69. The fourth-order valence-corrected chi connectivity index (χ4v) is 3.93. The SMILES string of the molecule is CCOc1c(Br)cc(/C=C2\SC(=Nc3ccc(OC)cc3)NC2=O)cc1OC. The lowest BCUT2D eigenvalue weighted by Gasteiger charge is -2.12. The van der Waals surface area contributed by atoms with Crippen molar-refractivity contribution in [3.63, 3.8) is 0 Å². The van der Waals surface area contributed by atoms with E-state index in [4.69, 9.17) is 14.2 Å². The van der Waals surface area contributed by atoms with Gasteiger partial charge in [-0.2, -0.15) is 0 Å². The van der Waals surface area contributed by atoms with Crippen LogP contribution in [-0.4, -0.2) is 31.9 Å². The summed E-state index contributed by atoms with van der Waals surface area (Å²) in [6, 6.07) is 11.0. The van der Waals surface area contributed by atoms with Gasteiger partial charge in [-0.25, -0.2) is 4.99 Å². The molecule has 1 saturated heterocycles. The lowest BCUT2D eigenvalue weighted by molar-refractivity contribution is -0.115. The third-order valence-corrected chi connectivity index (χ3v) is 5.29. The number of ether oxygens (including phenoxy) is 3. The Balaban J connectivity index is 1.84. The molecule has 0 saturated carbocycles. The van der Waals surface area contributed by atoms with E-state index >= 15 is 0 Å². The van der Waals surface area contributed by atoms with Gasteiger partial charge in [-0.15, -0.1) is 0 Å². The molecule has 2 aromatic carbocycles. The Morgan fingerprint density at radius 2 is 1.93 bits per heavy atom. The molecule has 2 aromatic rings. The fourth-order valence-electron chi connectivity index (χ4n) is 2.51. The second-order valence-electron chi connectivity index (χ2n) is 5.65. The van der Waals surface area contributed by atoms with E-state index in [1.807, 2.05) is 43.3 Å². The largest absolute Gasteiger partial charge is 0.497 e. The van der Waals surface area contributed by atoms with Gasteiger partial charge in [-0.1, -0.05) is 0 Å². The van der Waals surface area contributed by atoms with Gasteiger partial charge in [0, 0.05) is 0 Å². The van der Waals surface area contributed by atoms with Gasteiger partial charge in [0.25, 0.3) is 5.91 Å². The number of amides is 1. The van der Waals surface area contributed by atoms with Crippen LogP contribution >= 0.6 is 27.7 Å². The maximum absolute atomic E-state index is 12.3. The van der Waals surface area contributed by atoms with Crippen LogP contribution in [0.4, 0.5) is 5.69 Å². The van der Waals surface area contributed by atoms with Crippen molar-refractivity contribution in [3.8, 4) is 17.2 Å². The first kappa shape index (κ1) is 20.3. The molecule has 6 nitrogen and oxygen atoms in total. The molecule has 0 spiro atoms. The Bertz CT molecular complexity index is 942. The Morgan fingerprint density at radius 3 is 2.57 bits per heavy atom. The Kier molecular flexibility index (Phi) is 6.64. The van der Waals surface area contributed by atoms with Crippen LogP contribution in [0.1, 0.15) is 12.5 Å². The van der Waals surface area contributed by atoms with Gasteiger partial charge in [-0.05, 0) is 82.7 Å². The average molecular weight is 463 g/mol. The van der Waals surface area contributed by atoms with E-state index in [2.05, 4.69) is 26.2 Å². The molecule has 8 heteroatoms. The van der Waals surface area contributed by atoms with Crippen LogP contribution in [0.5, 0.6) is 17.2 Å². The van der Waals surface area contributed by atoms with Crippen LogP contribution in [0.2, 0.25) is 0 Å². The molecule has 1 amide bonds. The number of aliphatic imine (C=N–C) groups is 1. The summed E-state index contributed by atoms with van der Waals surface area (Å²) in [4.78, 5) is 17.3. The molecule has 0 radical (unpaired) electrons. The number of halogens is 1. The molecule has 1 aliphatic heterocycles. The minimum absolute atomic E-state index is 0.193. The molecule has 0 aromatic heterocycles. The number of hydrogen-bond donors (Lipinski definition) is 1. The van der Waals surface area contributed by atoms with Crippen LogP contribution in [0.25, 0.3) is 6.08 Å². The monoisotopic (exact) mass is 462 g/mol. The predicted molar refractivity (Wildman–Crippen MR) is 116 cm³/mol. The summed E-state index contributed by atoms with van der Waals surface area (Å²) in [5.41, 5.74) is 1.55. The lowest BCUT2D eigenvalue weighted by Crippen LogP contribution is -2.19. The van der Waals surface area contributed by atoms with Gasteiger partial charge in [0.05, 0.1) is 35.9 Å². The summed E-state index contributed by atoms with van der Waals surface area (Å²) in [5, 5.41) is 3.31. The van der Waals surface area contributed by atoms with Crippen molar-refractivity contribution in [1.82, 2.24) is 5.32 Å². The number of methoxy groups -OCH3 is 2. The van der Waals surface area contributed by atoms with Gasteiger partial charge in [0.1, 0.15) is 5.75 Å². The number of nitrogens with zero attached hydrogens (tertiary/aromatic N) is 1. The zero-order valence-corrected chi connectivity index (χ0v) is 18.0. The smallest absolute Gasteiger partial charge is 0.264 e. The number of hydrogen-bond acceptors (Lipinski definition) is 6. The lowest BCUT2D eigenvalue weighted by atomic mass is 10.2. The highest BCUT2D eigenvalue weighted by Crippen LogP contribution is 2.38. The highest BCUT2D eigenvalue weighted by molar-refractivity contribution is 9.10. The number of amidine groups is 1. The Hall–Kier alpha value is -2.45. The number of carbonyl (C=O) groups is 1. The molecular formula is C20H19BrN2O4S. The first-order chi connectivity index (χ1) is 13.5. The maximum Gasteiger partial charge on any atom is 0.264 e. The summed E-state index contributed by atoms with van der Waals surface area (Å²) in [7, 11) is 3.19. The van der Waals surface area contributed by atoms with Crippen LogP contribution in [0.3, 0.4) is 0 Å². The van der Waals surface area contributed by atoms with Crippen LogP contribution in [0.15, 0.2) is 50.8 Å². The molecule has 28 heavy (non-hydrogen) atoms. The summed E-state index contributed by atoms with van der Waals surface area (Å²) >= 11 is 4.78. The van der Waals surface area contributed by atoms with Crippen molar-refractivity contribution in [3.05, 3.63) is 51.3 Å². The molecule has 1 heterocycles. The quantitative estimate of drug-likeness (QED) is 0.626. The highest BCUT2D eigenvalue weighted by atomic mass is 79.9. The summed E-state index contributed by atoms with van der Waals surface area (Å²) in [6.45, 7) is 2.43. The van der Waals surface area contributed by atoms with Crippen molar-refractivity contribution in [2.45, 2.75) is 6.92 Å². The van der Waals surface area contributed by atoms with Gasteiger partial charge in [0.15, 0.2) is 16.7 Å². The zero-order chi connectivity index (χ0) is 20.1. The Labute approximate surface area is 176 Å². The first-order valence-corrected chi connectivity index (χ1v) is 10.1. The molecule has 1 N–H and O–H groups in total. The van der Waals surface area contributed by atoms with Crippen LogP contribution in [0, 0.1) is 0 Å². The van der Waals surface area contributed by atoms with Gasteiger partial charge in [-0.3, -0.25) is 4.79 Å². The van der Waals surface area contributed by atoms with Crippen LogP contribution in [-0.2, 0) is 4.79 Å². The number of rotatable bonds is 6. The van der Waals surface area contributed by atoms with E-state index < -0.39 is 0 Å². The molecule has 0 bridgehead atoms. The maximum atomic E-state index is 12.3. The van der Waals surface area contributed by atoms with Crippen molar-refractivity contribution in [2.75, 3.05) is 20.8 Å². The standard InChI is InChI=1S/C20H19BrN2O4S/c1-4-27-18-15(21)9-12(10-16(18)26-3)11-17-19(24)23-20(28-17)22-13-5-7-14(25-2)8-6-13/h5-11H,4H2,1-3H3,(H,22,23,24)/b17-11-. The third-order valence-electron chi connectivity index (χ3n) is 3.79. The normalized spacial score (nSPS) is 16.4. The summed E-state index contributed by atoms with van der Waals surface area (Å²) in [5.74, 6) is 1.79. The van der Waals surface area contributed by atoms with Gasteiger partial charge >= 0.3 is 0 Å². The first-order valence-electron chi connectivity index (χ1n) is 8.48. The van der Waals surface area contributed by atoms with Gasteiger partial charge in [0.2, 0.25) is 0 Å². The van der Waals surface area contributed by atoms with E-state index in [1.165, 1.54) is 11.8 Å². The number of thioether (sulfide) groups is 1. The van der Waals surface area contributed by atoms with Crippen molar-refractivity contribution in [1.29, 1.82) is 0 Å². The molecule has 0 atom stereocenters. The second kappa shape index (κ2) is 9.16. The number of nitrogens with one attached hydrogen (secondary N) is 1. The topological polar surface area (TPSA) is 69.2 Å². The summed E-state index contributed by atoms with van der Waals surface area (Å²) in [6.07, 6.45) is 1.79. The predicted octanol–water partition coefficient (Wildman–Crippen LogP) is 4.76. The molecule has 146 valence electrons. The fraction of sp³-hybridized carbons (Fsp3) is 0.200. The zero-order valence-electron chi connectivity index (χ0n) is 15.6. The van der Waals surface area contributed by atoms with E-state index in [1.54, 1.807) is 20.3 Å². The molecular weight excluding hydrogens is 444 g/mol. The Morgan fingerprint density at radius 1 is 1.18 bits per heavy atom. The van der Waals surface area contributed by atoms with E-state index in [0.29, 0.717) is 28.2 Å². The molecule has 0 unspecified atom stereocenters.